The molecule has 0 aliphatic carbocycles. The van der Waals surface area contributed by atoms with E-state index in [4.69, 9.17) is 0 Å². The first-order valence-corrected chi connectivity index (χ1v) is 5.57. The molecule has 0 saturated heterocycles. The molecule has 0 heterocycles. The molecular weight excluding hydrogens is 239 g/mol. The van der Waals surface area contributed by atoms with Crippen LogP contribution in [0.5, 0.6) is 0 Å². The van der Waals surface area contributed by atoms with E-state index in [1.54, 1.807) is 0 Å². The van der Waals surface area contributed by atoms with Crippen LogP contribution in [0.1, 0.15) is 5.56 Å². The van der Waals surface area contributed by atoms with Crippen molar-refractivity contribution in [2.45, 2.75) is 6.04 Å². The van der Waals surface area contributed by atoms with E-state index in [9.17, 15) is 0 Å². The average Bonchev–Trinajstić information content (AvgIpc) is 1.89. The van der Waals surface area contributed by atoms with Crippen LogP contribution in [0.25, 0.3) is 0 Å². The van der Waals surface area contributed by atoms with Crippen LogP contribution in [-0.4, -0.2) is 10.2 Å². The molecule has 9 heavy (non-hydrogen) atoms. The van der Waals surface area contributed by atoms with Crippen molar-refractivity contribution in [2.75, 3.05) is 0 Å². The maximum Gasteiger partial charge on any atom is 0.0159 e. The van der Waals surface area contributed by atoms with E-state index in [-0.39, 0.29) is 0 Å². The maximum absolute atomic E-state index is 2.38. The van der Waals surface area contributed by atoms with Gasteiger partial charge in [-0.25, -0.2) is 0 Å². The molecule has 0 aromatic heterocycles. The van der Waals surface area contributed by atoms with Gasteiger partial charge in [0, 0.05) is 13.8 Å². The van der Waals surface area contributed by atoms with Gasteiger partial charge in [-0.1, -0.05) is 18.2 Å². The molecule has 2 heteroatoms. The molecule has 0 unspecified atom stereocenters. The Morgan fingerprint density at radius 1 is 1.33 bits per heavy atom. The molecule has 0 amide bonds. The van der Waals surface area contributed by atoms with E-state index in [0.717, 1.165) is 0 Å². The lowest BCUT2D eigenvalue weighted by atomic mass is 10.2. The van der Waals surface area contributed by atoms with Gasteiger partial charge in [0.05, 0.1) is 0 Å². The maximum atomic E-state index is 2.38. The van der Waals surface area contributed by atoms with Crippen molar-refractivity contribution in [1.29, 1.82) is 0 Å². The van der Waals surface area contributed by atoms with E-state index >= 15 is 0 Å². The van der Waals surface area contributed by atoms with Gasteiger partial charge in [-0.05, 0) is 40.3 Å². The molecule has 0 N–H and O–H groups in total. The van der Waals surface area contributed by atoms with E-state index in [0.29, 0.717) is 0 Å². The van der Waals surface area contributed by atoms with Crippen LogP contribution in [-0.2, 0) is 6.04 Å². The first kappa shape index (κ1) is 7.28. The highest BCUT2D eigenvalue weighted by molar-refractivity contribution is 14.1. The monoisotopic (exact) mass is 248 g/mol. The summed E-state index contributed by atoms with van der Waals surface area (Å²) < 4.78 is 1.41. The van der Waals surface area contributed by atoms with Crippen LogP contribution >= 0.6 is 22.6 Å². The Hall–Kier alpha value is 0.167. The second-order valence-corrected chi connectivity index (χ2v) is 3.81. The molecule has 48 valence electrons. The predicted octanol–water partition coefficient (Wildman–Crippen LogP) is 1.16. The van der Waals surface area contributed by atoms with Crippen LogP contribution in [0.15, 0.2) is 24.3 Å². The molecular formula is C7H9ISi. The fraction of sp³-hybridized carbons (Fsp3) is 0.143. The standard InChI is InChI=1S/C7H9ISi/c8-7-4-2-1-3-6(7)5-9/h1-4H,5H2,9H3. The van der Waals surface area contributed by atoms with E-state index < -0.39 is 0 Å². The predicted molar refractivity (Wildman–Crippen MR) is 52.8 cm³/mol. The minimum Gasteiger partial charge on any atom is -0.0619 e. The molecule has 0 atom stereocenters. The Labute approximate surface area is 72.2 Å². The summed E-state index contributed by atoms with van der Waals surface area (Å²) in [5.41, 5.74) is 1.50. The molecule has 0 aliphatic rings. The molecule has 1 rings (SSSR count). The van der Waals surface area contributed by atoms with E-state index in [1.807, 2.05) is 0 Å². The largest absolute Gasteiger partial charge is 0.0619 e. The molecule has 0 fully saturated rings. The summed E-state index contributed by atoms with van der Waals surface area (Å²) in [6, 6.07) is 9.83. The van der Waals surface area contributed by atoms with Crippen molar-refractivity contribution < 1.29 is 0 Å². The summed E-state index contributed by atoms with van der Waals surface area (Å²) in [4.78, 5) is 0. The third-order valence-electron chi connectivity index (χ3n) is 1.34. The van der Waals surface area contributed by atoms with Crippen molar-refractivity contribution in [3.05, 3.63) is 33.4 Å². The van der Waals surface area contributed by atoms with Crippen molar-refractivity contribution >= 4 is 32.8 Å². The molecule has 0 radical (unpaired) electrons. The van der Waals surface area contributed by atoms with Crippen LogP contribution < -0.4 is 0 Å². The van der Waals surface area contributed by atoms with Gasteiger partial charge < -0.3 is 0 Å². The Balaban J connectivity index is 3.01. The second kappa shape index (κ2) is 3.36. The van der Waals surface area contributed by atoms with Crippen LogP contribution in [0, 0.1) is 3.57 Å². The minimum absolute atomic E-state index is 1.27. The number of rotatable bonds is 1. The Bertz CT molecular complexity index is 198. The number of hydrogen-bond donors (Lipinski definition) is 0. The first-order valence-electron chi connectivity index (χ1n) is 3.08. The molecule has 0 spiro atoms. The summed E-state index contributed by atoms with van der Waals surface area (Å²) in [5, 5.41) is 0. The van der Waals surface area contributed by atoms with Gasteiger partial charge in [0.1, 0.15) is 0 Å². The summed E-state index contributed by atoms with van der Waals surface area (Å²) >= 11 is 2.38. The minimum atomic E-state index is 1.27. The van der Waals surface area contributed by atoms with Gasteiger partial charge in [0.15, 0.2) is 0 Å². The van der Waals surface area contributed by atoms with Gasteiger partial charge in [0.2, 0.25) is 0 Å². The zero-order valence-electron chi connectivity index (χ0n) is 5.39. The first-order chi connectivity index (χ1) is 4.34. The topological polar surface area (TPSA) is 0 Å². The summed E-state index contributed by atoms with van der Waals surface area (Å²) in [7, 11) is 1.27. The zero-order chi connectivity index (χ0) is 6.69. The molecule has 1 aromatic carbocycles. The highest BCUT2D eigenvalue weighted by Gasteiger charge is 1.91. The van der Waals surface area contributed by atoms with Crippen LogP contribution in [0.4, 0.5) is 0 Å². The summed E-state index contributed by atoms with van der Waals surface area (Å²) in [5.74, 6) is 0. The van der Waals surface area contributed by atoms with Gasteiger partial charge >= 0.3 is 0 Å². The molecule has 0 aliphatic heterocycles. The smallest absolute Gasteiger partial charge is 0.0159 e. The van der Waals surface area contributed by atoms with Crippen molar-refractivity contribution in [3.8, 4) is 0 Å². The highest BCUT2D eigenvalue weighted by atomic mass is 127. The lowest BCUT2D eigenvalue weighted by Crippen LogP contribution is -1.85. The van der Waals surface area contributed by atoms with Crippen LogP contribution in [0.2, 0.25) is 0 Å². The fourth-order valence-corrected chi connectivity index (χ4v) is 2.89. The number of hydrogen-bond acceptors (Lipinski definition) is 0. The van der Waals surface area contributed by atoms with Gasteiger partial charge in [-0.15, -0.1) is 0 Å². The van der Waals surface area contributed by atoms with E-state index in [1.165, 1.54) is 25.4 Å². The molecule has 0 nitrogen and oxygen atoms in total. The Kier molecular flexibility index (Phi) is 2.72. The molecule has 0 saturated carbocycles. The van der Waals surface area contributed by atoms with Crippen LogP contribution in [0.3, 0.4) is 0 Å². The Morgan fingerprint density at radius 2 is 2.00 bits per heavy atom. The molecule has 1 aromatic rings. The van der Waals surface area contributed by atoms with Crippen molar-refractivity contribution in [3.63, 3.8) is 0 Å². The molecule has 0 bridgehead atoms. The van der Waals surface area contributed by atoms with Crippen molar-refractivity contribution in [2.24, 2.45) is 0 Å². The van der Waals surface area contributed by atoms with Gasteiger partial charge in [-0.2, -0.15) is 0 Å². The van der Waals surface area contributed by atoms with Gasteiger partial charge in [0.25, 0.3) is 0 Å². The average molecular weight is 248 g/mol. The summed E-state index contributed by atoms with van der Waals surface area (Å²) in [6.45, 7) is 0. The third-order valence-corrected chi connectivity index (χ3v) is 3.15. The zero-order valence-corrected chi connectivity index (χ0v) is 9.55. The van der Waals surface area contributed by atoms with Crippen molar-refractivity contribution in [1.82, 2.24) is 0 Å². The van der Waals surface area contributed by atoms with E-state index in [2.05, 4.69) is 46.9 Å². The highest BCUT2D eigenvalue weighted by Crippen LogP contribution is 2.09. The Morgan fingerprint density at radius 3 is 2.44 bits per heavy atom. The number of halogens is 1. The lowest BCUT2D eigenvalue weighted by molar-refractivity contribution is 1.37. The lowest BCUT2D eigenvalue weighted by Gasteiger charge is -1.96. The quantitative estimate of drug-likeness (QED) is 0.516. The fourth-order valence-electron chi connectivity index (χ4n) is 0.785. The number of benzene rings is 1. The SMILES string of the molecule is [SiH3]Cc1ccccc1I. The third kappa shape index (κ3) is 1.79. The summed E-state index contributed by atoms with van der Waals surface area (Å²) in [6.07, 6.45) is 0. The normalized spacial score (nSPS) is 9.89. The second-order valence-electron chi connectivity index (χ2n) is 1.94. The van der Waals surface area contributed by atoms with Gasteiger partial charge in [-0.3, -0.25) is 0 Å².